The molecule has 0 bridgehead atoms. The van der Waals surface area contributed by atoms with Crippen LogP contribution in [0.5, 0.6) is 0 Å². The van der Waals surface area contributed by atoms with E-state index >= 15 is 0 Å². The van der Waals surface area contributed by atoms with Gasteiger partial charge in [-0.15, -0.1) is 0 Å². The van der Waals surface area contributed by atoms with Crippen LogP contribution in [0.1, 0.15) is 33.1 Å². The van der Waals surface area contributed by atoms with E-state index in [1.165, 1.54) is 19.3 Å². The van der Waals surface area contributed by atoms with E-state index in [0.29, 0.717) is 17.0 Å². The second-order valence-electron chi connectivity index (χ2n) is 4.46. The number of aromatic nitrogens is 2. The van der Waals surface area contributed by atoms with E-state index in [-0.39, 0.29) is 0 Å². The maximum atomic E-state index is 6.08. The fraction of sp³-hybridized carbons (Fsp3) is 0.667. The second kappa shape index (κ2) is 5.54. The van der Waals surface area contributed by atoms with E-state index in [4.69, 9.17) is 11.6 Å². The predicted octanol–water partition coefficient (Wildman–Crippen LogP) is 3.16. The summed E-state index contributed by atoms with van der Waals surface area (Å²) in [4.78, 5) is 8.49. The standard InChI is InChI=1S/C12H19ClN4/c1-3-5-8-6-10(8)16-11-9(13)7-15-12(17-11)14-4-2/h7-8,10H,3-6H2,1-2H3,(H2,14,15,16,17). The highest BCUT2D eigenvalue weighted by molar-refractivity contribution is 6.32. The summed E-state index contributed by atoms with van der Waals surface area (Å²) in [6, 6.07) is 0.539. The molecule has 0 saturated heterocycles. The summed E-state index contributed by atoms with van der Waals surface area (Å²) in [5, 5.41) is 7.07. The molecule has 1 aromatic heterocycles. The van der Waals surface area contributed by atoms with Gasteiger partial charge in [0, 0.05) is 12.6 Å². The lowest BCUT2D eigenvalue weighted by molar-refractivity contribution is 0.692. The summed E-state index contributed by atoms with van der Waals surface area (Å²) < 4.78 is 0. The minimum atomic E-state index is 0.539. The smallest absolute Gasteiger partial charge is 0.224 e. The van der Waals surface area contributed by atoms with E-state index in [1.807, 2.05) is 6.92 Å². The Morgan fingerprint density at radius 1 is 1.47 bits per heavy atom. The average molecular weight is 255 g/mol. The number of nitrogens with one attached hydrogen (secondary N) is 2. The molecular weight excluding hydrogens is 236 g/mol. The number of halogens is 1. The first kappa shape index (κ1) is 12.4. The van der Waals surface area contributed by atoms with Crippen molar-refractivity contribution in [3.05, 3.63) is 11.2 Å². The zero-order chi connectivity index (χ0) is 12.3. The summed E-state index contributed by atoms with van der Waals surface area (Å²) >= 11 is 6.08. The number of hydrogen-bond acceptors (Lipinski definition) is 4. The van der Waals surface area contributed by atoms with Gasteiger partial charge in [-0.1, -0.05) is 24.9 Å². The van der Waals surface area contributed by atoms with Crippen LogP contribution in [0.4, 0.5) is 11.8 Å². The molecule has 2 unspecified atom stereocenters. The maximum Gasteiger partial charge on any atom is 0.224 e. The third kappa shape index (κ3) is 3.22. The Hall–Kier alpha value is -1.03. The van der Waals surface area contributed by atoms with Crippen molar-refractivity contribution in [2.75, 3.05) is 17.2 Å². The molecule has 1 heterocycles. The number of anilines is 2. The molecule has 2 atom stereocenters. The normalized spacial score (nSPS) is 22.3. The van der Waals surface area contributed by atoms with E-state index < -0.39 is 0 Å². The first-order chi connectivity index (χ1) is 8.24. The van der Waals surface area contributed by atoms with Crippen LogP contribution in [0.3, 0.4) is 0 Å². The largest absolute Gasteiger partial charge is 0.366 e. The molecule has 0 amide bonds. The van der Waals surface area contributed by atoms with Crippen molar-refractivity contribution in [2.45, 2.75) is 39.2 Å². The number of rotatable bonds is 6. The molecule has 1 aliphatic rings. The fourth-order valence-corrected chi connectivity index (χ4v) is 2.15. The Morgan fingerprint density at radius 2 is 2.29 bits per heavy atom. The van der Waals surface area contributed by atoms with Crippen LogP contribution in [0.2, 0.25) is 5.02 Å². The van der Waals surface area contributed by atoms with Crippen molar-refractivity contribution in [3.8, 4) is 0 Å². The maximum absolute atomic E-state index is 6.08. The lowest BCUT2D eigenvalue weighted by Crippen LogP contribution is -2.09. The van der Waals surface area contributed by atoms with Crippen LogP contribution in [0.25, 0.3) is 0 Å². The van der Waals surface area contributed by atoms with Gasteiger partial charge in [0.15, 0.2) is 5.82 Å². The molecule has 2 rings (SSSR count). The van der Waals surface area contributed by atoms with Gasteiger partial charge in [-0.05, 0) is 25.7 Å². The van der Waals surface area contributed by atoms with Crippen molar-refractivity contribution < 1.29 is 0 Å². The summed E-state index contributed by atoms with van der Waals surface area (Å²) in [7, 11) is 0. The molecule has 1 aromatic rings. The van der Waals surface area contributed by atoms with Crippen LogP contribution in [0.15, 0.2) is 6.20 Å². The average Bonchev–Trinajstić information content (AvgIpc) is 3.02. The zero-order valence-electron chi connectivity index (χ0n) is 10.3. The van der Waals surface area contributed by atoms with Crippen molar-refractivity contribution in [1.29, 1.82) is 0 Å². The van der Waals surface area contributed by atoms with Gasteiger partial charge in [0.1, 0.15) is 5.02 Å². The summed E-state index contributed by atoms with van der Waals surface area (Å²) in [6.45, 7) is 5.04. The molecule has 0 aliphatic heterocycles. The highest BCUT2D eigenvalue weighted by Gasteiger charge is 2.36. The van der Waals surface area contributed by atoms with E-state index in [1.54, 1.807) is 6.20 Å². The monoisotopic (exact) mass is 254 g/mol. The van der Waals surface area contributed by atoms with Gasteiger partial charge in [-0.25, -0.2) is 4.98 Å². The fourth-order valence-electron chi connectivity index (χ4n) is 2.00. The van der Waals surface area contributed by atoms with E-state index in [9.17, 15) is 0 Å². The number of nitrogens with zero attached hydrogens (tertiary/aromatic N) is 2. The van der Waals surface area contributed by atoms with Gasteiger partial charge >= 0.3 is 0 Å². The minimum Gasteiger partial charge on any atom is -0.366 e. The molecule has 0 spiro atoms. The lowest BCUT2D eigenvalue weighted by Gasteiger charge is -2.08. The predicted molar refractivity (Wildman–Crippen MR) is 71.6 cm³/mol. The molecule has 94 valence electrons. The van der Waals surface area contributed by atoms with Crippen molar-refractivity contribution in [3.63, 3.8) is 0 Å². The van der Waals surface area contributed by atoms with Crippen LogP contribution in [-0.2, 0) is 0 Å². The zero-order valence-corrected chi connectivity index (χ0v) is 11.1. The molecule has 2 N–H and O–H groups in total. The SMILES string of the molecule is CCCC1CC1Nc1nc(NCC)ncc1Cl. The third-order valence-corrected chi connectivity index (χ3v) is 3.26. The molecule has 4 nitrogen and oxygen atoms in total. The quantitative estimate of drug-likeness (QED) is 0.819. The molecule has 0 aromatic carbocycles. The Balaban J connectivity index is 1.98. The van der Waals surface area contributed by atoms with Crippen molar-refractivity contribution >= 4 is 23.4 Å². The summed E-state index contributed by atoms with van der Waals surface area (Å²) in [6.07, 6.45) is 5.39. The number of hydrogen-bond donors (Lipinski definition) is 2. The van der Waals surface area contributed by atoms with Gasteiger partial charge in [0.05, 0.1) is 6.20 Å². The van der Waals surface area contributed by atoms with Gasteiger partial charge in [-0.2, -0.15) is 4.98 Å². The Kier molecular flexibility index (Phi) is 4.05. The molecular formula is C12H19ClN4. The van der Waals surface area contributed by atoms with Crippen LogP contribution in [-0.4, -0.2) is 22.6 Å². The Labute approximate surface area is 107 Å². The molecule has 0 radical (unpaired) electrons. The Morgan fingerprint density at radius 3 is 3.00 bits per heavy atom. The van der Waals surface area contributed by atoms with E-state index in [2.05, 4.69) is 27.5 Å². The molecule has 1 aliphatic carbocycles. The Bertz CT molecular complexity index is 383. The minimum absolute atomic E-state index is 0.539. The van der Waals surface area contributed by atoms with Crippen molar-refractivity contribution in [2.24, 2.45) is 5.92 Å². The molecule has 5 heteroatoms. The van der Waals surface area contributed by atoms with Crippen LogP contribution in [0, 0.1) is 5.92 Å². The second-order valence-corrected chi connectivity index (χ2v) is 4.86. The lowest BCUT2D eigenvalue weighted by atomic mass is 10.2. The van der Waals surface area contributed by atoms with Crippen LogP contribution >= 0.6 is 11.6 Å². The van der Waals surface area contributed by atoms with Gasteiger partial charge in [0.25, 0.3) is 0 Å². The highest BCUT2D eigenvalue weighted by Crippen LogP contribution is 2.38. The topological polar surface area (TPSA) is 49.8 Å². The highest BCUT2D eigenvalue weighted by atomic mass is 35.5. The summed E-state index contributed by atoms with van der Waals surface area (Å²) in [5.41, 5.74) is 0. The van der Waals surface area contributed by atoms with Gasteiger partial charge in [-0.3, -0.25) is 0 Å². The van der Waals surface area contributed by atoms with Crippen LogP contribution < -0.4 is 10.6 Å². The molecule has 1 saturated carbocycles. The first-order valence-electron chi connectivity index (χ1n) is 6.27. The van der Waals surface area contributed by atoms with Gasteiger partial charge < -0.3 is 10.6 Å². The van der Waals surface area contributed by atoms with Gasteiger partial charge in [0.2, 0.25) is 5.95 Å². The summed E-state index contributed by atoms with van der Waals surface area (Å²) in [5.74, 6) is 2.17. The molecule has 1 fully saturated rings. The van der Waals surface area contributed by atoms with Crippen molar-refractivity contribution in [1.82, 2.24) is 9.97 Å². The molecule has 17 heavy (non-hydrogen) atoms. The first-order valence-corrected chi connectivity index (χ1v) is 6.65. The third-order valence-electron chi connectivity index (χ3n) is 2.98. The van der Waals surface area contributed by atoms with E-state index in [0.717, 1.165) is 18.3 Å².